The highest BCUT2D eigenvalue weighted by Gasteiger charge is 2.15. The molecule has 112 valence electrons. The molecular weight excluding hydrogens is 278 g/mol. The Hall–Kier alpha value is -1.31. The van der Waals surface area contributed by atoms with Crippen molar-refractivity contribution in [3.05, 3.63) is 68.7 Å². The number of hydrogen-bond donors (Lipinski definition) is 1. The largest absolute Gasteiger partial charge is 0.313 e. The van der Waals surface area contributed by atoms with Crippen LogP contribution in [0.4, 0.5) is 0 Å². The van der Waals surface area contributed by atoms with E-state index in [1.807, 2.05) is 7.05 Å². The van der Waals surface area contributed by atoms with Gasteiger partial charge in [-0.2, -0.15) is 0 Å². The van der Waals surface area contributed by atoms with Gasteiger partial charge in [0, 0.05) is 11.1 Å². The summed E-state index contributed by atoms with van der Waals surface area (Å²) in [5.41, 5.74) is 7.79. The molecule has 21 heavy (non-hydrogen) atoms. The number of benzene rings is 2. The van der Waals surface area contributed by atoms with Crippen molar-refractivity contribution in [2.75, 3.05) is 7.05 Å². The number of halogens is 1. The Morgan fingerprint density at radius 1 is 0.952 bits per heavy atom. The van der Waals surface area contributed by atoms with Crippen molar-refractivity contribution in [3.8, 4) is 0 Å². The van der Waals surface area contributed by atoms with E-state index in [4.69, 9.17) is 11.6 Å². The SMILES string of the molecule is CNC(Cc1cc(C)ccc1C)c1cc(C)c(Cl)cc1C. The molecule has 2 heteroatoms. The molecule has 0 bridgehead atoms. The average Bonchev–Trinajstić information content (AvgIpc) is 2.44. The van der Waals surface area contributed by atoms with Gasteiger partial charge in [0.2, 0.25) is 0 Å². The molecule has 1 unspecified atom stereocenters. The molecule has 2 aromatic carbocycles. The van der Waals surface area contributed by atoms with Gasteiger partial charge in [-0.05, 0) is 75.0 Å². The van der Waals surface area contributed by atoms with Crippen molar-refractivity contribution in [2.45, 2.75) is 40.2 Å². The van der Waals surface area contributed by atoms with Gasteiger partial charge in [0.1, 0.15) is 0 Å². The Labute approximate surface area is 133 Å². The topological polar surface area (TPSA) is 12.0 Å². The van der Waals surface area contributed by atoms with Crippen LogP contribution < -0.4 is 5.32 Å². The molecule has 0 radical (unpaired) electrons. The van der Waals surface area contributed by atoms with Crippen LogP contribution in [-0.4, -0.2) is 7.05 Å². The van der Waals surface area contributed by atoms with Crippen LogP contribution in [0.1, 0.15) is 39.4 Å². The first-order valence-electron chi connectivity index (χ1n) is 7.42. The molecule has 0 spiro atoms. The van der Waals surface area contributed by atoms with E-state index in [9.17, 15) is 0 Å². The van der Waals surface area contributed by atoms with Gasteiger partial charge >= 0.3 is 0 Å². The van der Waals surface area contributed by atoms with E-state index in [-0.39, 0.29) is 0 Å². The smallest absolute Gasteiger partial charge is 0.0438 e. The van der Waals surface area contributed by atoms with Crippen molar-refractivity contribution in [2.24, 2.45) is 0 Å². The summed E-state index contributed by atoms with van der Waals surface area (Å²) in [6.07, 6.45) is 0.992. The Morgan fingerprint density at radius 2 is 1.67 bits per heavy atom. The second kappa shape index (κ2) is 6.64. The van der Waals surface area contributed by atoms with Gasteiger partial charge in [-0.25, -0.2) is 0 Å². The van der Waals surface area contributed by atoms with Gasteiger partial charge in [0.25, 0.3) is 0 Å². The van der Waals surface area contributed by atoms with Crippen LogP contribution in [0, 0.1) is 27.7 Å². The second-order valence-electron chi connectivity index (χ2n) is 5.93. The standard InChI is InChI=1S/C19H24ClN/c1-12-6-7-13(2)16(8-12)11-19(21-5)17-9-15(4)18(20)10-14(17)3/h6-10,19,21H,11H2,1-5H3. The molecule has 0 saturated carbocycles. The van der Waals surface area contributed by atoms with Crippen LogP contribution in [0.2, 0.25) is 5.02 Å². The quantitative estimate of drug-likeness (QED) is 0.830. The van der Waals surface area contributed by atoms with Crippen LogP contribution in [-0.2, 0) is 6.42 Å². The highest BCUT2D eigenvalue weighted by Crippen LogP contribution is 2.28. The summed E-state index contributed by atoms with van der Waals surface area (Å²) < 4.78 is 0. The van der Waals surface area contributed by atoms with Gasteiger partial charge < -0.3 is 5.32 Å². The number of rotatable bonds is 4. The maximum atomic E-state index is 6.22. The number of aryl methyl sites for hydroxylation is 4. The van der Waals surface area contributed by atoms with Crippen molar-refractivity contribution >= 4 is 11.6 Å². The van der Waals surface area contributed by atoms with Crippen LogP contribution in [0.3, 0.4) is 0 Å². The fourth-order valence-electron chi connectivity index (χ4n) is 2.79. The lowest BCUT2D eigenvalue weighted by atomic mass is 9.92. The van der Waals surface area contributed by atoms with E-state index in [2.05, 4.69) is 63.3 Å². The molecule has 0 heterocycles. The molecule has 0 aliphatic rings. The zero-order valence-electron chi connectivity index (χ0n) is 13.5. The Morgan fingerprint density at radius 3 is 2.33 bits per heavy atom. The number of likely N-dealkylation sites (N-methyl/N-ethyl adjacent to an activating group) is 1. The summed E-state index contributed by atoms with van der Waals surface area (Å²) in [6.45, 7) is 8.53. The Kier molecular flexibility index (Phi) is 5.08. The second-order valence-corrected chi connectivity index (χ2v) is 6.34. The Bertz CT molecular complexity index is 646. The predicted molar refractivity (Wildman–Crippen MR) is 92.3 cm³/mol. The predicted octanol–water partition coefficient (Wildman–Crippen LogP) is 5.08. The van der Waals surface area contributed by atoms with Crippen LogP contribution in [0.15, 0.2) is 30.3 Å². The molecule has 1 nitrogen and oxygen atoms in total. The monoisotopic (exact) mass is 301 g/mol. The van der Waals surface area contributed by atoms with E-state index < -0.39 is 0 Å². The van der Waals surface area contributed by atoms with Gasteiger partial charge in [-0.3, -0.25) is 0 Å². The molecule has 2 rings (SSSR count). The number of nitrogens with one attached hydrogen (secondary N) is 1. The van der Waals surface area contributed by atoms with Crippen molar-refractivity contribution < 1.29 is 0 Å². The molecule has 0 aliphatic heterocycles. The lowest BCUT2D eigenvalue weighted by Gasteiger charge is -2.21. The van der Waals surface area contributed by atoms with E-state index in [1.54, 1.807) is 0 Å². The van der Waals surface area contributed by atoms with Gasteiger partial charge in [0.05, 0.1) is 0 Å². The maximum Gasteiger partial charge on any atom is 0.0438 e. The summed E-state index contributed by atoms with van der Waals surface area (Å²) in [5.74, 6) is 0. The van der Waals surface area contributed by atoms with Crippen molar-refractivity contribution in [1.82, 2.24) is 5.32 Å². The zero-order valence-corrected chi connectivity index (χ0v) is 14.3. The highest BCUT2D eigenvalue weighted by molar-refractivity contribution is 6.31. The van der Waals surface area contributed by atoms with Crippen molar-refractivity contribution in [1.29, 1.82) is 0 Å². The molecule has 0 aliphatic carbocycles. The van der Waals surface area contributed by atoms with E-state index in [0.29, 0.717) is 6.04 Å². The normalized spacial score (nSPS) is 12.5. The summed E-state index contributed by atoms with van der Waals surface area (Å²) >= 11 is 6.22. The van der Waals surface area contributed by atoms with Gasteiger partial charge in [0.15, 0.2) is 0 Å². The summed E-state index contributed by atoms with van der Waals surface area (Å²) in [6, 6.07) is 11.3. The first kappa shape index (κ1) is 16.1. The van der Waals surface area contributed by atoms with Gasteiger partial charge in [-0.1, -0.05) is 41.4 Å². The molecule has 1 N–H and O–H groups in total. The van der Waals surface area contributed by atoms with E-state index >= 15 is 0 Å². The first-order chi connectivity index (χ1) is 9.92. The first-order valence-corrected chi connectivity index (χ1v) is 7.80. The molecule has 0 amide bonds. The third-order valence-corrected chi connectivity index (χ3v) is 4.61. The van der Waals surface area contributed by atoms with Crippen LogP contribution >= 0.6 is 11.6 Å². The molecule has 0 aromatic heterocycles. The fraction of sp³-hybridized carbons (Fsp3) is 0.368. The van der Waals surface area contributed by atoms with Gasteiger partial charge in [-0.15, -0.1) is 0 Å². The minimum absolute atomic E-state index is 0.307. The highest BCUT2D eigenvalue weighted by atomic mass is 35.5. The Balaban J connectivity index is 2.36. The van der Waals surface area contributed by atoms with Crippen LogP contribution in [0.25, 0.3) is 0 Å². The van der Waals surface area contributed by atoms with Crippen molar-refractivity contribution in [3.63, 3.8) is 0 Å². The van der Waals surface area contributed by atoms with Crippen LogP contribution in [0.5, 0.6) is 0 Å². The fourth-order valence-corrected chi connectivity index (χ4v) is 3.00. The minimum atomic E-state index is 0.307. The molecular formula is C19H24ClN. The van der Waals surface area contributed by atoms with E-state index in [0.717, 1.165) is 17.0 Å². The van der Waals surface area contributed by atoms with E-state index in [1.165, 1.54) is 27.8 Å². The minimum Gasteiger partial charge on any atom is -0.313 e. The zero-order chi connectivity index (χ0) is 15.6. The molecule has 0 fully saturated rings. The number of hydrogen-bond acceptors (Lipinski definition) is 1. The summed E-state index contributed by atoms with van der Waals surface area (Å²) in [7, 11) is 2.03. The third-order valence-electron chi connectivity index (χ3n) is 4.20. The molecule has 2 aromatic rings. The summed E-state index contributed by atoms with van der Waals surface area (Å²) in [4.78, 5) is 0. The third kappa shape index (κ3) is 3.66. The molecule has 0 saturated heterocycles. The lowest BCUT2D eigenvalue weighted by molar-refractivity contribution is 0.587. The average molecular weight is 302 g/mol. The lowest BCUT2D eigenvalue weighted by Crippen LogP contribution is -2.20. The maximum absolute atomic E-state index is 6.22. The summed E-state index contributed by atoms with van der Waals surface area (Å²) in [5, 5.41) is 4.30. The molecule has 1 atom stereocenters.